The maximum absolute atomic E-state index is 8.93. The van der Waals surface area contributed by atoms with Crippen LogP contribution < -0.4 is 10.5 Å². The summed E-state index contributed by atoms with van der Waals surface area (Å²) in [7, 11) is 0. The quantitative estimate of drug-likeness (QED) is 0.863. The molecule has 0 radical (unpaired) electrons. The Hall–Kier alpha value is -2.06. The molecule has 4 nitrogen and oxygen atoms in total. The molecule has 0 saturated heterocycles. The maximum atomic E-state index is 8.93. The molecule has 17 heavy (non-hydrogen) atoms. The van der Waals surface area contributed by atoms with Crippen LogP contribution in [0, 0.1) is 11.3 Å². The number of anilines is 1. The number of benzene rings is 1. The summed E-state index contributed by atoms with van der Waals surface area (Å²) in [4.78, 5) is 3.92. The zero-order valence-electron chi connectivity index (χ0n) is 8.72. The summed E-state index contributed by atoms with van der Waals surface area (Å²) < 4.78 is 6.36. The fourth-order valence-corrected chi connectivity index (χ4v) is 1.60. The van der Waals surface area contributed by atoms with Crippen molar-refractivity contribution < 1.29 is 4.74 Å². The Morgan fingerprint density at radius 1 is 1.29 bits per heavy atom. The van der Waals surface area contributed by atoms with Crippen LogP contribution >= 0.6 is 15.9 Å². The molecular weight excluding hydrogens is 282 g/mol. The third-order valence-corrected chi connectivity index (χ3v) is 2.74. The lowest BCUT2D eigenvalue weighted by molar-refractivity contribution is 0.476. The third-order valence-electron chi connectivity index (χ3n) is 2.08. The number of rotatable bonds is 2. The first-order chi connectivity index (χ1) is 8.20. The minimum atomic E-state index is 0.404. The third kappa shape index (κ3) is 2.55. The predicted octanol–water partition coefficient (Wildman–Crippen LogP) is 3.09. The minimum Gasteiger partial charge on any atom is -0.453 e. The number of pyridine rings is 1. The number of nitrogens with two attached hydrogens (primary N) is 1. The van der Waals surface area contributed by atoms with Gasteiger partial charge in [0.15, 0.2) is 5.75 Å². The van der Waals surface area contributed by atoms with Crippen LogP contribution in [0.4, 0.5) is 5.69 Å². The van der Waals surface area contributed by atoms with Crippen molar-refractivity contribution in [2.45, 2.75) is 0 Å². The van der Waals surface area contributed by atoms with E-state index in [1.54, 1.807) is 30.5 Å². The molecule has 0 fully saturated rings. The Balaban J connectivity index is 2.38. The second kappa shape index (κ2) is 4.85. The van der Waals surface area contributed by atoms with Crippen molar-refractivity contribution in [3.63, 3.8) is 0 Å². The van der Waals surface area contributed by atoms with Crippen molar-refractivity contribution in [1.29, 1.82) is 5.26 Å². The van der Waals surface area contributed by atoms with E-state index in [4.69, 9.17) is 15.7 Å². The molecule has 1 aromatic heterocycles. The highest BCUT2D eigenvalue weighted by Crippen LogP contribution is 2.32. The zero-order chi connectivity index (χ0) is 12.3. The fourth-order valence-electron chi connectivity index (χ4n) is 1.27. The van der Waals surface area contributed by atoms with E-state index in [1.807, 2.05) is 6.07 Å². The highest BCUT2D eigenvalue weighted by atomic mass is 79.9. The van der Waals surface area contributed by atoms with Gasteiger partial charge in [0.1, 0.15) is 11.8 Å². The molecule has 84 valence electrons. The number of hydrogen-bond acceptors (Lipinski definition) is 4. The number of nitriles is 1. The van der Waals surface area contributed by atoms with E-state index in [2.05, 4.69) is 20.9 Å². The number of ether oxygens (including phenoxy) is 1. The van der Waals surface area contributed by atoms with Crippen molar-refractivity contribution in [1.82, 2.24) is 4.98 Å². The SMILES string of the molecule is N#Cc1ccncc1Oc1cc(N)ccc1Br. The Labute approximate surface area is 107 Å². The summed E-state index contributed by atoms with van der Waals surface area (Å²) in [6, 6.07) is 8.85. The molecule has 2 rings (SSSR count). The van der Waals surface area contributed by atoms with Gasteiger partial charge >= 0.3 is 0 Å². The van der Waals surface area contributed by atoms with Crippen molar-refractivity contribution in [2.75, 3.05) is 5.73 Å². The van der Waals surface area contributed by atoms with Gasteiger partial charge < -0.3 is 10.5 Å². The van der Waals surface area contributed by atoms with Crippen molar-refractivity contribution in [2.24, 2.45) is 0 Å². The maximum Gasteiger partial charge on any atom is 0.163 e. The van der Waals surface area contributed by atoms with E-state index in [0.717, 1.165) is 4.47 Å². The first kappa shape index (κ1) is 11.4. The van der Waals surface area contributed by atoms with Gasteiger partial charge in [0.25, 0.3) is 0 Å². The summed E-state index contributed by atoms with van der Waals surface area (Å²) in [5.41, 5.74) is 6.68. The largest absolute Gasteiger partial charge is 0.453 e. The number of hydrogen-bond donors (Lipinski definition) is 1. The van der Waals surface area contributed by atoms with E-state index < -0.39 is 0 Å². The second-order valence-corrected chi connectivity index (χ2v) is 4.13. The van der Waals surface area contributed by atoms with Gasteiger partial charge in [0.05, 0.1) is 16.2 Å². The molecule has 1 heterocycles. The van der Waals surface area contributed by atoms with E-state index in [0.29, 0.717) is 22.7 Å². The molecule has 2 N–H and O–H groups in total. The van der Waals surface area contributed by atoms with Gasteiger partial charge in [-0.3, -0.25) is 4.98 Å². The van der Waals surface area contributed by atoms with Gasteiger partial charge in [-0.25, -0.2) is 0 Å². The molecular formula is C12H8BrN3O. The Morgan fingerprint density at radius 2 is 2.12 bits per heavy atom. The Bertz CT molecular complexity index is 593. The Kier molecular flexibility index (Phi) is 3.26. The molecule has 5 heteroatoms. The van der Waals surface area contributed by atoms with Crippen LogP contribution in [0.15, 0.2) is 41.1 Å². The monoisotopic (exact) mass is 289 g/mol. The summed E-state index contributed by atoms with van der Waals surface area (Å²) >= 11 is 3.35. The first-order valence-corrected chi connectivity index (χ1v) is 5.57. The van der Waals surface area contributed by atoms with Gasteiger partial charge in [-0.1, -0.05) is 0 Å². The predicted molar refractivity (Wildman–Crippen MR) is 67.6 cm³/mol. The molecule has 0 saturated carbocycles. The number of aromatic nitrogens is 1. The van der Waals surface area contributed by atoms with Gasteiger partial charge in [-0.2, -0.15) is 5.26 Å². The number of nitrogens with zero attached hydrogens (tertiary/aromatic N) is 2. The molecule has 0 unspecified atom stereocenters. The lowest BCUT2D eigenvalue weighted by atomic mass is 10.2. The zero-order valence-corrected chi connectivity index (χ0v) is 10.3. The highest BCUT2D eigenvalue weighted by molar-refractivity contribution is 9.10. The van der Waals surface area contributed by atoms with Crippen LogP contribution in [0.25, 0.3) is 0 Å². The summed E-state index contributed by atoms with van der Waals surface area (Å²) in [5.74, 6) is 0.954. The van der Waals surface area contributed by atoms with Gasteiger partial charge in [-0.15, -0.1) is 0 Å². The lowest BCUT2D eigenvalue weighted by Crippen LogP contribution is -1.92. The molecule has 0 atom stereocenters. The van der Waals surface area contributed by atoms with E-state index in [1.165, 1.54) is 6.20 Å². The second-order valence-electron chi connectivity index (χ2n) is 3.28. The molecule has 0 aliphatic heterocycles. The highest BCUT2D eigenvalue weighted by Gasteiger charge is 2.07. The standard InChI is InChI=1S/C12H8BrN3O/c13-10-2-1-9(15)5-11(10)17-12-7-16-4-3-8(12)6-14/h1-5,7H,15H2. The summed E-state index contributed by atoms with van der Waals surface area (Å²) in [6.07, 6.45) is 3.04. The van der Waals surface area contributed by atoms with Crippen LogP contribution in [0.3, 0.4) is 0 Å². The first-order valence-electron chi connectivity index (χ1n) is 4.77. The minimum absolute atomic E-state index is 0.404. The van der Waals surface area contributed by atoms with Gasteiger partial charge in [0, 0.05) is 18.0 Å². The molecule has 0 aliphatic rings. The van der Waals surface area contributed by atoms with Crippen LogP contribution in [-0.4, -0.2) is 4.98 Å². The summed E-state index contributed by atoms with van der Waals surface area (Å²) in [5, 5.41) is 8.93. The van der Waals surface area contributed by atoms with Crippen molar-refractivity contribution in [3.05, 3.63) is 46.7 Å². The molecule has 0 spiro atoms. The van der Waals surface area contributed by atoms with E-state index in [9.17, 15) is 0 Å². The van der Waals surface area contributed by atoms with E-state index in [-0.39, 0.29) is 0 Å². The van der Waals surface area contributed by atoms with Gasteiger partial charge in [0.2, 0.25) is 0 Å². The Morgan fingerprint density at radius 3 is 2.88 bits per heavy atom. The normalized spacial score (nSPS) is 9.65. The lowest BCUT2D eigenvalue weighted by Gasteiger charge is -2.09. The van der Waals surface area contributed by atoms with Crippen molar-refractivity contribution in [3.8, 4) is 17.6 Å². The van der Waals surface area contributed by atoms with Crippen LogP contribution in [0.2, 0.25) is 0 Å². The van der Waals surface area contributed by atoms with Crippen LogP contribution in [-0.2, 0) is 0 Å². The molecule has 1 aromatic carbocycles. The topological polar surface area (TPSA) is 71.9 Å². The average Bonchev–Trinajstić information content (AvgIpc) is 2.34. The summed E-state index contributed by atoms with van der Waals surface area (Å²) in [6.45, 7) is 0. The van der Waals surface area contributed by atoms with E-state index >= 15 is 0 Å². The molecule has 2 aromatic rings. The number of nitrogen functional groups attached to an aromatic ring is 1. The van der Waals surface area contributed by atoms with Crippen molar-refractivity contribution >= 4 is 21.6 Å². The van der Waals surface area contributed by atoms with Gasteiger partial charge in [-0.05, 0) is 34.1 Å². The van der Waals surface area contributed by atoms with Crippen LogP contribution in [0.5, 0.6) is 11.5 Å². The molecule has 0 aliphatic carbocycles. The average molecular weight is 290 g/mol. The smallest absolute Gasteiger partial charge is 0.163 e. The molecule has 0 amide bonds. The fraction of sp³-hybridized carbons (Fsp3) is 0. The van der Waals surface area contributed by atoms with Crippen LogP contribution in [0.1, 0.15) is 5.56 Å². The molecule has 0 bridgehead atoms. The number of halogens is 1.